The lowest BCUT2D eigenvalue weighted by Crippen LogP contribution is -2.26. The molecule has 0 aliphatic heterocycles. The Balaban J connectivity index is 3.24. The fourth-order valence-electron chi connectivity index (χ4n) is 1.16. The highest BCUT2D eigenvalue weighted by molar-refractivity contribution is 5.66. The number of carbonyl (C=O) groups is 1. The van der Waals surface area contributed by atoms with Crippen LogP contribution in [0.15, 0.2) is 0 Å². The van der Waals surface area contributed by atoms with Crippen LogP contribution in [0.2, 0.25) is 0 Å². The lowest BCUT2D eigenvalue weighted by Gasteiger charge is -2.09. The van der Waals surface area contributed by atoms with Crippen molar-refractivity contribution in [1.82, 2.24) is 5.32 Å². The van der Waals surface area contributed by atoms with E-state index in [1.165, 1.54) is 12.8 Å². The van der Waals surface area contributed by atoms with Crippen molar-refractivity contribution in [3.05, 3.63) is 0 Å². The van der Waals surface area contributed by atoms with E-state index in [1.54, 1.807) is 0 Å². The summed E-state index contributed by atoms with van der Waals surface area (Å²) in [5.74, 6) is 1.15. The van der Waals surface area contributed by atoms with Crippen LogP contribution in [0.5, 0.6) is 0 Å². The van der Waals surface area contributed by atoms with Gasteiger partial charge in [0.05, 0.1) is 6.61 Å². The van der Waals surface area contributed by atoms with Crippen LogP contribution in [0.1, 0.15) is 47.0 Å². The first-order chi connectivity index (χ1) is 7.02. The van der Waals surface area contributed by atoms with Gasteiger partial charge >= 0.3 is 6.09 Å². The molecule has 0 aliphatic rings. The molecular formula is C12H25NO2. The van der Waals surface area contributed by atoms with E-state index in [4.69, 9.17) is 4.74 Å². The first-order valence-corrected chi connectivity index (χ1v) is 5.93. The molecule has 0 heterocycles. The predicted octanol–water partition coefficient (Wildman–Crippen LogP) is 3.19. The van der Waals surface area contributed by atoms with E-state index < -0.39 is 0 Å². The van der Waals surface area contributed by atoms with E-state index in [0.29, 0.717) is 12.5 Å². The van der Waals surface area contributed by atoms with Gasteiger partial charge in [-0.25, -0.2) is 4.79 Å². The number of ether oxygens (including phenoxy) is 1. The molecule has 1 amide bonds. The van der Waals surface area contributed by atoms with Gasteiger partial charge in [0, 0.05) is 6.54 Å². The van der Waals surface area contributed by atoms with Gasteiger partial charge in [0.2, 0.25) is 0 Å². The van der Waals surface area contributed by atoms with E-state index in [-0.39, 0.29) is 6.09 Å². The van der Waals surface area contributed by atoms with Crippen LogP contribution in [-0.2, 0) is 4.74 Å². The summed E-state index contributed by atoms with van der Waals surface area (Å²) in [6, 6.07) is 0. The standard InChI is InChI=1S/C12H25NO2/c1-10(2)7-5-6-8-13-12(14)15-9-11(3)4/h10-11H,5-9H2,1-4H3,(H,13,14). The number of alkyl carbamates (subject to hydrolysis) is 1. The highest BCUT2D eigenvalue weighted by atomic mass is 16.5. The van der Waals surface area contributed by atoms with Gasteiger partial charge in [0.15, 0.2) is 0 Å². The third kappa shape index (κ3) is 11.2. The fraction of sp³-hybridized carbons (Fsp3) is 0.917. The predicted molar refractivity (Wildman–Crippen MR) is 62.9 cm³/mol. The summed E-state index contributed by atoms with van der Waals surface area (Å²) >= 11 is 0. The van der Waals surface area contributed by atoms with Crippen molar-refractivity contribution in [2.75, 3.05) is 13.2 Å². The largest absolute Gasteiger partial charge is 0.449 e. The molecule has 0 aliphatic carbocycles. The molecule has 90 valence electrons. The van der Waals surface area contributed by atoms with Crippen molar-refractivity contribution in [3.8, 4) is 0 Å². The average Bonchev–Trinajstić information content (AvgIpc) is 2.13. The van der Waals surface area contributed by atoms with Gasteiger partial charge in [0.25, 0.3) is 0 Å². The van der Waals surface area contributed by atoms with Gasteiger partial charge in [0.1, 0.15) is 0 Å². The third-order valence-electron chi connectivity index (χ3n) is 2.03. The number of carbonyl (C=O) groups excluding carboxylic acids is 1. The van der Waals surface area contributed by atoms with Gasteiger partial charge in [-0.2, -0.15) is 0 Å². The van der Waals surface area contributed by atoms with Crippen LogP contribution in [0, 0.1) is 11.8 Å². The molecule has 0 atom stereocenters. The Morgan fingerprint density at radius 1 is 1.13 bits per heavy atom. The van der Waals surface area contributed by atoms with Gasteiger partial charge in [-0.15, -0.1) is 0 Å². The lowest BCUT2D eigenvalue weighted by atomic mass is 10.1. The van der Waals surface area contributed by atoms with E-state index >= 15 is 0 Å². The Morgan fingerprint density at radius 3 is 2.33 bits per heavy atom. The SMILES string of the molecule is CC(C)CCCCNC(=O)OCC(C)C. The Bertz CT molecular complexity index is 167. The Hall–Kier alpha value is -0.730. The van der Waals surface area contributed by atoms with Crippen molar-refractivity contribution in [3.63, 3.8) is 0 Å². The Kier molecular flexibility index (Phi) is 8.15. The molecule has 1 N–H and O–H groups in total. The van der Waals surface area contributed by atoms with Gasteiger partial charge in [-0.05, 0) is 18.3 Å². The van der Waals surface area contributed by atoms with E-state index in [1.807, 2.05) is 13.8 Å². The van der Waals surface area contributed by atoms with Crippen LogP contribution in [0.25, 0.3) is 0 Å². The van der Waals surface area contributed by atoms with Crippen LogP contribution in [-0.4, -0.2) is 19.2 Å². The summed E-state index contributed by atoms with van der Waals surface area (Å²) in [6.45, 7) is 9.70. The minimum absolute atomic E-state index is 0.284. The maximum absolute atomic E-state index is 11.1. The molecule has 0 radical (unpaired) electrons. The van der Waals surface area contributed by atoms with Gasteiger partial charge < -0.3 is 10.1 Å². The van der Waals surface area contributed by atoms with Crippen LogP contribution < -0.4 is 5.32 Å². The van der Waals surface area contributed by atoms with Crippen molar-refractivity contribution >= 4 is 6.09 Å². The summed E-state index contributed by atoms with van der Waals surface area (Å²) in [7, 11) is 0. The molecule has 3 heteroatoms. The Morgan fingerprint density at radius 2 is 1.80 bits per heavy atom. The summed E-state index contributed by atoms with van der Waals surface area (Å²) in [5, 5.41) is 2.75. The summed E-state index contributed by atoms with van der Waals surface area (Å²) in [4.78, 5) is 11.1. The molecule has 0 bridgehead atoms. The third-order valence-corrected chi connectivity index (χ3v) is 2.03. The smallest absolute Gasteiger partial charge is 0.407 e. The van der Waals surface area contributed by atoms with Gasteiger partial charge in [-0.3, -0.25) is 0 Å². The molecule has 0 saturated heterocycles. The molecule has 0 aromatic rings. The second-order valence-corrected chi connectivity index (χ2v) is 4.81. The number of rotatable bonds is 7. The zero-order valence-corrected chi connectivity index (χ0v) is 10.5. The first kappa shape index (κ1) is 14.3. The van der Waals surface area contributed by atoms with Crippen LogP contribution in [0.3, 0.4) is 0 Å². The fourth-order valence-corrected chi connectivity index (χ4v) is 1.16. The zero-order chi connectivity index (χ0) is 11.7. The lowest BCUT2D eigenvalue weighted by molar-refractivity contribution is 0.133. The first-order valence-electron chi connectivity index (χ1n) is 5.93. The molecule has 15 heavy (non-hydrogen) atoms. The molecule has 0 saturated carbocycles. The molecule has 0 fully saturated rings. The van der Waals surface area contributed by atoms with Crippen molar-refractivity contribution in [2.45, 2.75) is 47.0 Å². The monoisotopic (exact) mass is 215 g/mol. The van der Waals surface area contributed by atoms with E-state index in [2.05, 4.69) is 19.2 Å². The summed E-state index contributed by atoms with van der Waals surface area (Å²) in [6.07, 6.45) is 3.15. The second kappa shape index (κ2) is 8.57. The quantitative estimate of drug-likeness (QED) is 0.662. The minimum Gasteiger partial charge on any atom is -0.449 e. The second-order valence-electron chi connectivity index (χ2n) is 4.81. The summed E-state index contributed by atoms with van der Waals surface area (Å²) in [5.41, 5.74) is 0. The molecule has 0 unspecified atom stereocenters. The highest BCUT2D eigenvalue weighted by Crippen LogP contribution is 2.05. The molecule has 0 rings (SSSR count). The number of unbranched alkanes of at least 4 members (excludes halogenated alkanes) is 1. The van der Waals surface area contributed by atoms with Crippen LogP contribution >= 0.6 is 0 Å². The van der Waals surface area contributed by atoms with E-state index in [0.717, 1.165) is 18.9 Å². The molecule has 3 nitrogen and oxygen atoms in total. The maximum atomic E-state index is 11.1. The number of nitrogens with one attached hydrogen (secondary N) is 1. The van der Waals surface area contributed by atoms with Gasteiger partial charge in [-0.1, -0.05) is 40.5 Å². The molecular weight excluding hydrogens is 190 g/mol. The van der Waals surface area contributed by atoms with Crippen molar-refractivity contribution < 1.29 is 9.53 Å². The topological polar surface area (TPSA) is 38.3 Å². The van der Waals surface area contributed by atoms with Crippen LogP contribution in [0.4, 0.5) is 4.79 Å². The van der Waals surface area contributed by atoms with E-state index in [9.17, 15) is 4.79 Å². The normalized spacial score (nSPS) is 10.8. The summed E-state index contributed by atoms with van der Waals surface area (Å²) < 4.78 is 4.98. The van der Waals surface area contributed by atoms with Crippen molar-refractivity contribution in [1.29, 1.82) is 0 Å². The zero-order valence-electron chi connectivity index (χ0n) is 10.5. The molecule has 0 spiro atoms. The molecule has 0 aromatic carbocycles. The Labute approximate surface area is 93.6 Å². The average molecular weight is 215 g/mol. The number of amides is 1. The number of hydrogen-bond donors (Lipinski definition) is 1. The highest BCUT2D eigenvalue weighted by Gasteiger charge is 2.02. The van der Waals surface area contributed by atoms with Crippen molar-refractivity contribution in [2.24, 2.45) is 11.8 Å². The maximum Gasteiger partial charge on any atom is 0.407 e. The number of hydrogen-bond acceptors (Lipinski definition) is 2. The molecule has 0 aromatic heterocycles. The minimum atomic E-state index is -0.284.